The molecule has 0 saturated heterocycles. The number of benzene rings is 1. The van der Waals surface area contributed by atoms with Crippen molar-refractivity contribution in [1.29, 1.82) is 0 Å². The van der Waals surface area contributed by atoms with Crippen LogP contribution in [0.1, 0.15) is 29.3 Å². The molecule has 0 aromatic heterocycles. The lowest BCUT2D eigenvalue weighted by atomic mass is 10.0. The lowest BCUT2D eigenvalue weighted by molar-refractivity contribution is 0.0600. The van der Waals surface area contributed by atoms with Gasteiger partial charge in [0, 0.05) is 11.1 Å². The molecule has 1 aromatic rings. The monoisotopic (exact) mass is 300 g/mol. The van der Waals surface area contributed by atoms with Crippen LogP contribution >= 0.6 is 15.9 Å². The molecule has 1 rings (SSSR count). The van der Waals surface area contributed by atoms with Gasteiger partial charge >= 0.3 is 5.97 Å². The molecule has 0 aliphatic rings. The average molecular weight is 301 g/mol. The molecule has 0 unspecified atom stereocenters. The van der Waals surface area contributed by atoms with Gasteiger partial charge in [-0.2, -0.15) is 0 Å². The number of aliphatic hydroxyl groups excluding tert-OH is 1. The summed E-state index contributed by atoms with van der Waals surface area (Å²) in [5.74, 6) is -0.0387. The van der Waals surface area contributed by atoms with E-state index in [1.54, 1.807) is 12.1 Å². The highest BCUT2D eigenvalue weighted by Gasteiger charge is 2.09. The van der Waals surface area contributed by atoms with Crippen molar-refractivity contribution in [2.45, 2.75) is 19.8 Å². The van der Waals surface area contributed by atoms with Crippen molar-refractivity contribution in [1.82, 2.24) is 0 Å². The Kier molecular flexibility index (Phi) is 5.65. The third-order valence-electron chi connectivity index (χ3n) is 2.69. The summed E-state index contributed by atoms with van der Waals surface area (Å²) >= 11 is 3.45. The second-order valence-electron chi connectivity index (χ2n) is 4.12. The number of halogens is 1. The van der Waals surface area contributed by atoms with Crippen molar-refractivity contribution in [2.24, 2.45) is 5.92 Å². The van der Waals surface area contributed by atoms with E-state index < -0.39 is 0 Å². The van der Waals surface area contributed by atoms with Gasteiger partial charge in [-0.1, -0.05) is 28.9 Å². The molecule has 0 radical (unpaired) electrons. The van der Waals surface area contributed by atoms with Gasteiger partial charge in [0.2, 0.25) is 0 Å². The second-order valence-corrected chi connectivity index (χ2v) is 4.98. The van der Waals surface area contributed by atoms with E-state index in [1.165, 1.54) is 7.11 Å². The highest BCUT2D eigenvalue weighted by molar-refractivity contribution is 9.10. The van der Waals surface area contributed by atoms with Crippen LogP contribution in [0.2, 0.25) is 0 Å². The van der Waals surface area contributed by atoms with Crippen LogP contribution in [-0.2, 0) is 11.2 Å². The first-order valence-corrected chi connectivity index (χ1v) is 6.35. The molecule has 0 aliphatic heterocycles. The van der Waals surface area contributed by atoms with Crippen molar-refractivity contribution >= 4 is 21.9 Å². The number of methoxy groups -OCH3 is 1. The van der Waals surface area contributed by atoms with Crippen LogP contribution in [0, 0.1) is 5.92 Å². The largest absolute Gasteiger partial charge is 0.465 e. The zero-order valence-electron chi connectivity index (χ0n) is 10.1. The number of carbonyl (C=O) groups excluding carboxylic acids is 1. The molecule has 1 atom stereocenters. The highest BCUT2D eigenvalue weighted by atomic mass is 79.9. The highest BCUT2D eigenvalue weighted by Crippen LogP contribution is 2.21. The van der Waals surface area contributed by atoms with Gasteiger partial charge in [0.15, 0.2) is 0 Å². The normalized spacial score (nSPS) is 12.2. The van der Waals surface area contributed by atoms with Gasteiger partial charge in [-0.15, -0.1) is 0 Å². The molecule has 0 bridgehead atoms. The quantitative estimate of drug-likeness (QED) is 0.851. The number of hydrogen-bond acceptors (Lipinski definition) is 3. The Bertz CT molecular complexity index is 390. The topological polar surface area (TPSA) is 46.5 Å². The van der Waals surface area contributed by atoms with E-state index in [9.17, 15) is 4.79 Å². The summed E-state index contributed by atoms with van der Waals surface area (Å²) in [7, 11) is 1.37. The number of rotatable bonds is 5. The summed E-state index contributed by atoms with van der Waals surface area (Å²) in [6, 6.07) is 5.45. The lowest BCUT2D eigenvalue weighted by Gasteiger charge is -2.09. The van der Waals surface area contributed by atoms with Crippen LogP contribution in [0.3, 0.4) is 0 Å². The molecule has 0 saturated carbocycles. The molecule has 4 heteroatoms. The Morgan fingerprint density at radius 1 is 1.53 bits per heavy atom. The fourth-order valence-electron chi connectivity index (χ4n) is 1.49. The molecule has 0 amide bonds. The van der Waals surface area contributed by atoms with E-state index in [2.05, 4.69) is 20.7 Å². The van der Waals surface area contributed by atoms with Crippen LogP contribution in [0.4, 0.5) is 0 Å². The van der Waals surface area contributed by atoms with Crippen molar-refractivity contribution in [3.8, 4) is 0 Å². The predicted molar refractivity (Wildman–Crippen MR) is 70.1 cm³/mol. The smallest absolute Gasteiger partial charge is 0.337 e. The molecule has 0 aliphatic carbocycles. The molecule has 1 N–H and O–H groups in total. The Hall–Kier alpha value is -0.870. The van der Waals surface area contributed by atoms with E-state index in [0.717, 1.165) is 22.9 Å². The van der Waals surface area contributed by atoms with Crippen molar-refractivity contribution in [2.75, 3.05) is 13.7 Å². The molecule has 1 aromatic carbocycles. The van der Waals surface area contributed by atoms with E-state index in [4.69, 9.17) is 5.11 Å². The SMILES string of the molecule is COC(=O)c1ccc(CC[C@@H](C)CO)c(Br)c1. The molecule has 3 nitrogen and oxygen atoms in total. The maximum atomic E-state index is 11.3. The van der Waals surface area contributed by atoms with Crippen LogP contribution in [0.15, 0.2) is 22.7 Å². The third kappa shape index (κ3) is 4.13. The summed E-state index contributed by atoms with van der Waals surface area (Å²) in [4.78, 5) is 11.3. The lowest BCUT2D eigenvalue weighted by Crippen LogP contribution is -2.04. The van der Waals surface area contributed by atoms with Gasteiger partial charge < -0.3 is 9.84 Å². The Balaban J connectivity index is 2.73. The first kappa shape index (κ1) is 14.2. The predicted octanol–water partition coefficient (Wildman–Crippen LogP) is 2.80. The van der Waals surface area contributed by atoms with Crippen LogP contribution in [0.5, 0.6) is 0 Å². The van der Waals surface area contributed by atoms with Crippen LogP contribution in [0.25, 0.3) is 0 Å². The zero-order valence-corrected chi connectivity index (χ0v) is 11.7. The van der Waals surface area contributed by atoms with Gasteiger partial charge in [-0.25, -0.2) is 4.79 Å². The number of esters is 1. The van der Waals surface area contributed by atoms with E-state index >= 15 is 0 Å². The minimum absolute atomic E-state index is 0.206. The number of carbonyl (C=O) groups is 1. The number of aryl methyl sites for hydroxylation is 1. The van der Waals surface area contributed by atoms with Crippen LogP contribution in [-0.4, -0.2) is 24.8 Å². The zero-order chi connectivity index (χ0) is 12.8. The standard InChI is InChI=1S/C13H17BrO3/c1-9(8-15)3-4-10-5-6-11(7-12(10)14)13(16)17-2/h5-7,9,15H,3-4,8H2,1-2H3/t9-/m1/s1. The van der Waals surface area contributed by atoms with Crippen molar-refractivity contribution in [3.63, 3.8) is 0 Å². The van der Waals surface area contributed by atoms with Crippen LogP contribution < -0.4 is 0 Å². The molecule has 0 fully saturated rings. The summed E-state index contributed by atoms with van der Waals surface area (Å²) in [6.07, 6.45) is 1.80. The van der Waals surface area contributed by atoms with Gasteiger partial charge in [0.1, 0.15) is 0 Å². The van der Waals surface area contributed by atoms with Gasteiger partial charge in [0.05, 0.1) is 12.7 Å². The maximum absolute atomic E-state index is 11.3. The van der Waals surface area contributed by atoms with E-state index in [-0.39, 0.29) is 12.6 Å². The molecule has 17 heavy (non-hydrogen) atoms. The fourth-order valence-corrected chi connectivity index (χ4v) is 2.07. The number of hydrogen-bond donors (Lipinski definition) is 1. The second kappa shape index (κ2) is 6.77. The molecular weight excluding hydrogens is 284 g/mol. The van der Waals surface area contributed by atoms with E-state index in [1.807, 2.05) is 13.0 Å². The van der Waals surface area contributed by atoms with Crippen molar-refractivity contribution in [3.05, 3.63) is 33.8 Å². The first-order valence-electron chi connectivity index (χ1n) is 5.56. The van der Waals surface area contributed by atoms with E-state index in [0.29, 0.717) is 11.5 Å². The molecule has 0 heterocycles. The fraction of sp³-hybridized carbons (Fsp3) is 0.462. The Morgan fingerprint density at radius 2 is 2.24 bits per heavy atom. The molecular formula is C13H17BrO3. The van der Waals surface area contributed by atoms with Gasteiger partial charge in [-0.05, 0) is 36.5 Å². The minimum atomic E-state index is -0.332. The molecule has 94 valence electrons. The Labute approximate surface area is 110 Å². The van der Waals surface area contributed by atoms with Gasteiger partial charge in [0.25, 0.3) is 0 Å². The average Bonchev–Trinajstić information content (AvgIpc) is 2.35. The summed E-state index contributed by atoms with van der Waals surface area (Å²) in [5.41, 5.74) is 1.68. The minimum Gasteiger partial charge on any atom is -0.465 e. The maximum Gasteiger partial charge on any atom is 0.337 e. The summed E-state index contributed by atoms with van der Waals surface area (Å²) < 4.78 is 5.56. The van der Waals surface area contributed by atoms with Crippen molar-refractivity contribution < 1.29 is 14.6 Å². The number of ether oxygens (including phenoxy) is 1. The Morgan fingerprint density at radius 3 is 2.76 bits per heavy atom. The summed E-state index contributed by atoms with van der Waals surface area (Å²) in [6.45, 7) is 2.22. The van der Waals surface area contributed by atoms with Gasteiger partial charge in [-0.3, -0.25) is 0 Å². The third-order valence-corrected chi connectivity index (χ3v) is 3.43. The first-order chi connectivity index (χ1) is 8.08. The molecule has 0 spiro atoms. The number of aliphatic hydroxyl groups is 1. The summed E-state index contributed by atoms with van der Waals surface area (Å²) in [5, 5.41) is 8.96.